The first-order valence-corrected chi connectivity index (χ1v) is 10.1. The molecule has 3 rings (SSSR count). The van der Waals surface area contributed by atoms with Crippen LogP contribution < -0.4 is 0 Å². The van der Waals surface area contributed by atoms with Crippen LogP contribution in [0.25, 0.3) is 0 Å². The summed E-state index contributed by atoms with van der Waals surface area (Å²) in [6.45, 7) is 5.29. The number of carbonyl (C=O) groups excluding carboxylic acids is 2. The monoisotopic (exact) mass is 386 g/mol. The van der Waals surface area contributed by atoms with Crippen LogP contribution in [0, 0.1) is 12.7 Å². The Balaban J connectivity index is 1.70. The van der Waals surface area contributed by atoms with Gasteiger partial charge in [0.2, 0.25) is 5.91 Å². The number of hydrogen-bond acceptors (Lipinski definition) is 3. The first-order valence-electron chi connectivity index (χ1n) is 9.02. The van der Waals surface area contributed by atoms with Crippen molar-refractivity contribution in [2.45, 2.75) is 19.2 Å². The molecule has 1 aliphatic rings. The zero-order valence-electron chi connectivity index (χ0n) is 15.5. The molecule has 2 aromatic rings. The Labute approximate surface area is 163 Å². The average Bonchev–Trinajstić information content (AvgIpc) is 3.03. The van der Waals surface area contributed by atoms with Crippen molar-refractivity contribution in [1.82, 2.24) is 9.80 Å². The third-order valence-corrected chi connectivity index (χ3v) is 5.90. The molecule has 0 aliphatic carbocycles. The lowest BCUT2D eigenvalue weighted by molar-refractivity contribution is -0.128. The first kappa shape index (κ1) is 19.4. The van der Waals surface area contributed by atoms with Crippen LogP contribution in [0.2, 0.25) is 0 Å². The van der Waals surface area contributed by atoms with Gasteiger partial charge in [-0.1, -0.05) is 35.9 Å². The number of amides is 2. The highest BCUT2D eigenvalue weighted by Gasteiger charge is 2.33. The molecule has 2 amide bonds. The Morgan fingerprint density at radius 3 is 2.74 bits per heavy atom. The van der Waals surface area contributed by atoms with Crippen molar-refractivity contribution >= 4 is 23.6 Å². The van der Waals surface area contributed by atoms with Gasteiger partial charge in [-0.05, 0) is 37.6 Å². The Hall–Kier alpha value is -2.34. The first-order chi connectivity index (χ1) is 13.0. The summed E-state index contributed by atoms with van der Waals surface area (Å²) in [5.74, 6) is -0.116. The Morgan fingerprint density at radius 1 is 1.26 bits per heavy atom. The summed E-state index contributed by atoms with van der Waals surface area (Å²) in [5, 5.41) is -0.0274. The highest BCUT2D eigenvalue weighted by molar-refractivity contribution is 8.00. The van der Waals surface area contributed by atoms with Gasteiger partial charge in [-0.15, -0.1) is 11.8 Å². The molecule has 27 heavy (non-hydrogen) atoms. The fraction of sp³-hybridized carbons (Fsp3) is 0.333. The van der Waals surface area contributed by atoms with Crippen molar-refractivity contribution in [1.29, 1.82) is 0 Å². The van der Waals surface area contributed by atoms with Gasteiger partial charge in [-0.2, -0.15) is 0 Å². The summed E-state index contributed by atoms with van der Waals surface area (Å²) in [4.78, 5) is 28.5. The standard InChI is InChI=1S/C21H23FN2O2S/c1-3-23(20(26)16-7-5-9-18(22)13-16)10-11-24-19(25)14-27-21(24)17-8-4-6-15(2)12-17/h4-9,12-13,21H,3,10-11,14H2,1-2H3/t21-/m1/s1. The van der Waals surface area contributed by atoms with Crippen molar-refractivity contribution in [2.24, 2.45) is 0 Å². The van der Waals surface area contributed by atoms with E-state index in [9.17, 15) is 14.0 Å². The molecule has 0 unspecified atom stereocenters. The molecule has 0 N–H and O–H groups in total. The van der Waals surface area contributed by atoms with E-state index in [0.717, 1.165) is 11.1 Å². The van der Waals surface area contributed by atoms with Crippen molar-refractivity contribution in [3.63, 3.8) is 0 Å². The highest BCUT2D eigenvalue weighted by Crippen LogP contribution is 2.38. The molecule has 1 aliphatic heterocycles. The lowest BCUT2D eigenvalue weighted by Gasteiger charge is -2.28. The molecule has 142 valence electrons. The van der Waals surface area contributed by atoms with Crippen LogP contribution in [0.5, 0.6) is 0 Å². The molecule has 1 fully saturated rings. The lowest BCUT2D eigenvalue weighted by Crippen LogP contribution is -2.40. The van der Waals surface area contributed by atoms with Gasteiger partial charge in [0.15, 0.2) is 0 Å². The topological polar surface area (TPSA) is 40.6 Å². The maximum Gasteiger partial charge on any atom is 0.254 e. The van der Waals surface area contributed by atoms with E-state index in [0.29, 0.717) is 31.0 Å². The quantitative estimate of drug-likeness (QED) is 0.757. The minimum absolute atomic E-state index is 0.0274. The van der Waals surface area contributed by atoms with Gasteiger partial charge in [-0.25, -0.2) is 4.39 Å². The van der Waals surface area contributed by atoms with Crippen LogP contribution in [0.15, 0.2) is 48.5 Å². The molecule has 0 spiro atoms. The van der Waals surface area contributed by atoms with Gasteiger partial charge in [0.1, 0.15) is 11.2 Å². The molecule has 4 nitrogen and oxygen atoms in total. The van der Waals surface area contributed by atoms with E-state index in [-0.39, 0.29) is 17.2 Å². The second-order valence-corrected chi connectivity index (χ2v) is 7.63. The number of likely N-dealkylation sites (N-methyl/N-ethyl adjacent to an activating group) is 1. The van der Waals surface area contributed by atoms with Gasteiger partial charge < -0.3 is 9.80 Å². The third kappa shape index (κ3) is 4.50. The largest absolute Gasteiger partial charge is 0.337 e. The second-order valence-electron chi connectivity index (χ2n) is 6.56. The predicted molar refractivity (Wildman–Crippen MR) is 106 cm³/mol. The number of benzene rings is 2. The van der Waals surface area contributed by atoms with Crippen molar-refractivity contribution in [2.75, 3.05) is 25.4 Å². The summed E-state index contributed by atoms with van der Waals surface area (Å²) in [6, 6.07) is 13.9. The van der Waals surface area contributed by atoms with E-state index >= 15 is 0 Å². The van der Waals surface area contributed by atoms with Crippen molar-refractivity contribution in [3.8, 4) is 0 Å². The summed E-state index contributed by atoms with van der Waals surface area (Å²) in [5.41, 5.74) is 2.59. The average molecular weight is 386 g/mol. The minimum atomic E-state index is -0.428. The van der Waals surface area contributed by atoms with E-state index in [2.05, 4.69) is 6.07 Å². The normalized spacial score (nSPS) is 16.6. The molecule has 1 saturated heterocycles. The van der Waals surface area contributed by atoms with Crippen LogP contribution >= 0.6 is 11.8 Å². The second kappa shape index (κ2) is 8.57. The van der Waals surface area contributed by atoms with E-state index in [4.69, 9.17) is 0 Å². The molecule has 0 radical (unpaired) electrons. The molecule has 0 saturated carbocycles. The van der Waals surface area contributed by atoms with Crippen LogP contribution in [0.3, 0.4) is 0 Å². The zero-order chi connectivity index (χ0) is 19.4. The van der Waals surface area contributed by atoms with Gasteiger partial charge in [0, 0.05) is 25.2 Å². The van der Waals surface area contributed by atoms with Crippen LogP contribution in [-0.2, 0) is 4.79 Å². The van der Waals surface area contributed by atoms with Crippen LogP contribution in [0.4, 0.5) is 4.39 Å². The molecule has 0 aromatic heterocycles. The van der Waals surface area contributed by atoms with Crippen LogP contribution in [-0.4, -0.2) is 47.0 Å². The number of hydrogen-bond donors (Lipinski definition) is 0. The van der Waals surface area contributed by atoms with Crippen molar-refractivity contribution < 1.29 is 14.0 Å². The fourth-order valence-electron chi connectivity index (χ4n) is 3.23. The maximum atomic E-state index is 13.4. The molecular weight excluding hydrogens is 363 g/mol. The maximum absolute atomic E-state index is 13.4. The number of rotatable bonds is 6. The highest BCUT2D eigenvalue weighted by atomic mass is 32.2. The fourth-order valence-corrected chi connectivity index (χ4v) is 4.44. The summed E-state index contributed by atoms with van der Waals surface area (Å²) >= 11 is 1.61. The summed E-state index contributed by atoms with van der Waals surface area (Å²) < 4.78 is 13.4. The molecule has 2 aromatic carbocycles. The number of aryl methyl sites for hydroxylation is 1. The zero-order valence-corrected chi connectivity index (χ0v) is 16.3. The summed E-state index contributed by atoms with van der Waals surface area (Å²) in [7, 11) is 0. The van der Waals surface area contributed by atoms with E-state index in [1.165, 1.54) is 18.2 Å². The van der Waals surface area contributed by atoms with Crippen molar-refractivity contribution in [3.05, 3.63) is 71.0 Å². The third-order valence-electron chi connectivity index (χ3n) is 4.65. The van der Waals surface area contributed by atoms with Gasteiger partial charge >= 0.3 is 0 Å². The SMILES string of the molecule is CCN(CCN1C(=O)CS[C@@H]1c1cccc(C)c1)C(=O)c1cccc(F)c1. The molecule has 0 bridgehead atoms. The Bertz CT molecular complexity index is 842. The molecule has 1 atom stereocenters. The molecule has 1 heterocycles. The number of halogens is 1. The number of nitrogens with zero attached hydrogens (tertiary/aromatic N) is 2. The Kier molecular flexibility index (Phi) is 6.16. The van der Waals surface area contributed by atoms with Gasteiger partial charge in [-0.3, -0.25) is 9.59 Å². The molecule has 6 heteroatoms. The smallest absolute Gasteiger partial charge is 0.254 e. The lowest BCUT2D eigenvalue weighted by atomic mass is 10.1. The molecular formula is C21H23FN2O2S. The van der Waals surface area contributed by atoms with E-state index in [1.807, 2.05) is 36.9 Å². The van der Waals surface area contributed by atoms with E-state index < -0.39 is 5.82 Å². The van der Waals surface area contributed by atoms with Gasteiger partial charge in [0.25, 0.3) is 5.91 Å². The number of thioether (sulfide) groups is 1. The number of carbonyl (C=O) groups is 2. The minimum Gasteiger partial charge on any atom is -0.337 e. The van der Waals surface area contributed by atoms with Crippen LogP contribution in [0.1, 0.15) is 33.8 Å². The Morgan fingerprint density at radius 2 is 2.04 bits per heavy atom. The summed E-state index contributed by atoms with van der Waals surface area (Å²) in [6.07, 6.45) is 0. The van der Waals surface area contributed by atoms with E-state index in [1.54, 1.807) is 22.7 Å². The predicted octanol–water partition coefficient (Wildman–Crippen LogP) is 3.87. The van der Waals surface area contributed by atoms with Gasteiger partial charge in [0.05, 0.1) is 5.75 Å².